The average molecular weight is 282 g/mol. The summed E-state index contributed by atoms with van der Waals surface area (Å²) in [6.45, 7) is 5.11. The highest BCUT2D eigenvalue weighted by Crippen LogP contribution is 2.31. The van der Waals surface area contributed by atoms with Crippen LogP contribution in [0.15, 0.2) is 30.6 Å². The quantitative estimate of drug-likeness (QED) is 0.940. The van der Waals surface area contributed by atoms with E-state index in [9.17, 15) is 0 Å². The van der Waals surface area contributed by atoms with Crippen molar-refractivity contribution in [1.82, 2.24) is 9.97 Å². The highest BCUT2D eigenvalue weighted by atomic mass is 15.3. The Bertz CT molecular complexity index is 619. The predicted molar refractivity (Wildman–Crippen MR) is 85.9 cm³/mol. The molecule has 0 radical (unpaired) electrons. The molecular weight excluding hydrogens is 260 g/mol. The minimum atomic E-state index is 0.137. The summed E-state index contributed by atoms with van der Waals surface area (Å²) < 4.78 is 0. The fourth-order valence-corrected chi connectivity index (χ4v) is 2.90. The Hall–Kier alpha value is -1.94. The number of hydrogen-bond acceptors (Lipinski definition) is 4. The summed E-state index contributed by atoms with van der Waals surface area (Å²) in [6, 6.07) is 6.74. The SMILES string of the molecule is Cc1ccc2c(c1)CCCN2c1ncc(CC(C)N)cn1. The van der Waals surface area contributed by atoms with Crippen LogP contribution in [-0.2, 0) is 12.8 Å². The topological polar surface area (TPSA) is 55.0 Å². The van der Waals surface area contributed by atoms with Crippen LogP contribution in [0.5, 0.6) is 0 Å². The fourth-order valence-electron chi connectivity index (χ4n) is 2.90. The van der Waals surface area contributed by atoms with Gasteiger partial charge in [-0.15, -0.1) is 0 Å². The van der Waals surface area contributed by atoms with Gasteiger partial charge in [0.25, 0.3) is 0 Å². The molecule has 4 heteroatoms. The molecule has 4 nitrogen and oxygen atoms in total. The van der Waals surface area contributed by atoms with E-state index < -0.39 is 0 Å². The lowest BCUT2D eigenvalue weighted by Crippen LogP contribution is -2.26. The Labute approximate surface area is 126 Å². The smallest absolute Gasteiger partial charge is 0.229 e. The summed E-state index contributed by atoms with van der Waals surface area (Å²) in [5.74, 6) is 0.785. The van der Waals surface area contributed by atoms with Crippen molar-refractivity contribution >= 4 is 11.6 Å². The molecule has 0 fully saturated rings. The second kappa shape index (κ2) is 5.82. The number of anilines is 2. The zero-order valence-corrected chi connectivity index (χ0v) is 12.7. The van der Waals surface area contributed by atoms with Gasteiger partial charge >= 0.3 is 0 Å². The molecule has 0 spiro atoms. The molecule has 0 bridgehead atoms. The van der Waals surface area contributed by atoms with Crippen LogP contribution in [0.4, 0.5) is 11.6 Å². The molecule has 1 aliphatic rings. The van der Waals surface area contributed by atoms with Gasteiger partial charge in [0.1, 0.15) is 0 Å². The normalized spacial score (nSPS) is 15.7. The maximum Gasteiger partial charge on any atom is 0.229 e. The summed E-state index contributed by atoms with van der Waals surface area (Å²) in [7, 11) is 0. The summed E-state index contributed by atoms with van der Waals surface area (Å²) in [6.07, 6.45) is 6.88. The number of benzene rings is 1. The molecular formula is C17H22N4. The van der Waals surface area contributed by atoms with Gasteiger partial charge in [-0.25, -0.2) is 9.97 Å². The molecule has 0 saturated carbocycles. The third-order valence-corrected chi connectivity index (χ3v) is 3.84. The Morgan fingerprint density at radius 2 is 2.05 bits per heavy atom. The number of aryl methyl sites for hydroxylation is 2. The van der Waals surface area contributed by atoms with Gasteiger partial charge < -0.3 is 10.6 Å². The molecule has 1 aliphatic heterocycles. The van der Waals surface area contributed by atoms with Gasteiger partial charge in [-0.2, -0.15) is 0 Å². The first-order chi connectivity index (χ1) is 10.1. The van der Waals surface area contributed by atoms with Gasteiger partial charge in [-0.3, -0.25) is 0 Å². The van der Waals surface area contributed by atoms with Gasteiger partial charge in [-0.05, 0) is 50.3 Å². The summed E-state index contributed by atoms with van der Waals surface area (Å²) in [5, 5.41) is 0. The van der Waals surface area contributed by atoms with Crippen LogP contribution < -0.4 is 10.6 Å². The summed E-state index contributed by atoms with van der Waals surface area (Å²) >= 11 is 0. The average Bonchev–Trinajstić information content (AvgIpc) is 2.46. The van der Waals surface area contributed by atoms with Gasteiger partial charge in [0, 0.05) is 30.7 Å². The molecule has 0 aliphatic carbocycles. The first-order valence-electron chi connectivity index (χ1n) is 7.57. The number of aromatic nitrogens is 2. The van der Waals surface area contributed by atoms with Crippen molar-refractivity contribution < 1.29 is 0 Å². The molecule has 1 aromatic heterocycles. The first kappa shape index (κ1) is 14.0. The summed E-state index contributed by atoms with van der Waals surface area (Å²) in [4.78, 5) is 11.3. The third kappa shape index (κ3) is 3.05. The van der Waals surface area contributed by atoms with E-state index in [-0.39, 0.29) is 6.04 Å². The molecule has 2 aromatic rings. The Morgan fingerprint density at radius 3 is 2.76 bits per heavy atom. The molecule has 110 valence electrons. The van der Waals surface area contributed by atoms with E-state index in [1.54, 1.807) is 0 Å². The molecule has 1 aromatic carbocycles. The van der Waals surface area contributed by atoms with E-state index in [1.807, 2.05) is 19.3 Å². The van der Waals surface area contributed by atoms with Crippen molar-refractivity contribution in [2.75, 3.05) is 11.4 Å². The van der Waals surface area contributed by atoms with Gasteiger partial charge in [-0.1, -0.05) is 17.7 Å². The van der Waals surface area contributed by atoms with Crippen LogP contribution in [0, 0.1) is 6.92 Å². The lowest BCUT2D eigenvalue weighted by molar-refractivity contribution is 0.725. The van der Waals surface area contributed by atoms with Crippen LogP contribution in [-0.4, -0.2) is 22.6 Å². The second-order valence-corrected chi connectivity index (χ2v) is 5.96. The standard InChI is InChI=1S/C17H22N4/c1-12-5-6-16-15(8-12)4-3-7-21(16)17-19-10-14(11-20-17)9-13(2)18/h5-6,8,10-11,13H,3-4,7,9,18H2,1-2H3. The van der Waals surface area contributed by atoms with Crippen molar-refractivity contribution in [2.45, 2.75) is 39.2 Å². The third-order valence-electron chi connectivity index (χ3n) is 3.84. The molecule has 3 rings (SSSR count). The van der Waals surface area contributed by atoms with Gasteiger partial charge in [0.2, 0.25) is 5.95 Å². The number of fused-ring (bicyclic) bond motifs is 1. The minimum Gasteiger partial charge on any atom is -0.328 e. The highest BCUT2D eigenvalue weighted by molar-refractivity contribution is 5.64. The fraction of sp³-hybridized carbons (Fsp3) is 0.412. The van der Waals surface area contributed by atoms with Gasteiger partial charge in [0.15, 0.2) is 0 Å². The molecule has 0 amide bonds. The second-order valence-electron chi connectivity index (χ2n) is 5.96. The number of nitrogens with two attached hydrogens (primary N) is 1. The maximum absolute atomic E-state index is 5.82. The van der Waals surface area contributed by atoms with Crippen LogP contribution in [0.2, 0.25) is 0 Å². The first-order valence-corrected chi connectivity index (χ1v) is 7.57. The van der Waals surface area contributed by atoms with Crippen molar-refractivity contribution in [3.05, 3.63) is 47.3 Å². The number of rotatable bonds is 3. The highest BCUT2D eigenvalue weighted by Gasteiger charge is 2.20. The molecule has 1 unspecified atom stereocenters. The van der Waals surface area contributed by atoms with Gasteiger partial charge in [0.05, 0.1) is 0 Å². The van der Waals surface area contributed by atoms with Crippen LogP contribution in [0.25, 0.3) is 0 Å². The Morgan fingerprint density at radius 1 is 1.29 bits per heavy atom. The van der Waals surface area contributed by atoms with E-state index in [4.69, 9.17) is 5.73 Å². The zero-order valence-electron chi connectivity index (χ0n) is 12.7. The predicted octanol–water partition coefficient (Wildman–Crippen LogP) is 2.76. The zero-order chi connectivity index (χ0) is 14.8. The van der Waals surface area contributed by atoms with E-state index >= 15 is 0 Å². The number of hydrogen-bond donors (Lipinski definition) is 1. The number of nitrogens with zero attached hydrogens (tertiary/aromatic N) is 3. The van der Waals surface area contributed by atoms with E-state index in [2.05, 4.69) is 40.0 Å². The molecule has 2 heterocycles. The van der Waals surface area contributed by atoms with E-state index in [0.29, 0.717) is 0 Å². The van der Waals surface area contributed by atoms with Crippen molar-refractivity contribution in [1.29, 1.82) is 0 Å². The molecule has 21 heavy (non-hydrogen) atoms. The van der Waals surface area contributed by atoms with Crippen LogP contribution in [0.3, 0.4) is 0 Å². The summed E-state index contributed by atoms with van der Waals surface area (Å²) in [5.41, 5.74) is 10.9. The lowest BCUT2D eigenvalue weighted by atomic mass is 10.00. The van der Waals surface area contributed by atoms with Crippen molar-refractivity contribution in [2.24, 2.45) is 5.73 Å². The Kier molecular flexibility index (Phi) is 3.88. The minimum absolute atomic E-state index is 0.137. The monoisotopic (exact) mass is 282 g/mol. The van der Waals surface area contributed by atoms with E-state index in [1.165, 1.54) is 16.8 Å². The largest absolute Gasteiger partial charge is 0.328 e. The van der Waals surface area contributed by atoms with Crippen LogP contribution in [0.1, 0.15) is 30.0 Å². The van der Waals surface area contributed by atoms with Crippen molar-refractivity contribution in [3.63, 3.8) is 0 Å². The Balaban J connectivity index is 1.88. The van der Waals surface area contributed by atoms with Crippen molar-refractivity contribution in [3.8, 4) is 0 Å². The van der Waals surface area contributed by atoms with E-state index in [0.717, 1.165) is 37.3 Å². The molecule has 1 atom stereocenters. The van der Waals surface area contributed by atoms with Crippen LogP contribution >= 0.6 is 0 Å². The lowest BCUT2D eigenvalue weighted by Gasteiger charge is -2.29. The maximum atomic E-state index is 5.82. The molecule has 2 N–H and O–H groups in total. The molecule has 0 saturated heterocycles.